The number of methoxy groups -OCH3 is 1. The fourth-order valence-electron chi connectivity index (χ4n) is 2.60. The first-order valence-corrected chi connectivity index (χ1v) is 8.60. The Bertz CT molecular complexity index is 965. The first kappa shape index (κ1) is 21.7. The van der Waals surface area contributed by atoms with Crippen LogP contribution in [0.2, 0.25) is 0 Å². The minimum absolute atomic E-state index is 0. The van der Waals surface area contributed by atoms with Crippen LogP contribution in [-0.4, -0.2) is 40.2 Å². The number of pyridine rings is 1. The molecular weight excluding hydrogens is 475 g/mol. The lowest BCUT2D eigenvalue weighted by Gasteiger charge is -2.09. The van der Waals surface area contributed by atoms with Crippen LogP contribution in [0.5, 0.6) is 0 Å². The SMILES string of the molecule is CCNC(=NCc1nnc2ccccn12)NCc1cc(C(=O)OC)c(C)o1.I. The molecule has 0 amide bonds. The first-order valence-electron chi connectivity index (χ1n) is 8.60. The summed E-state index contributed by atoms with van der Waals surface area (Å²) >= 11 is 0. The third-order valence-corrected chi connectivity index (χ3v) is 3.91. The van der Waals surface area contributed by atoms with E-state index in [1.807, 2.05) is 35.7 Å². The van der Waals surface area contributed by atoms with Gasteiger partial charge in [0.1, 0.15) is 23.6 Å². The maximum atomic E-state index is 11.7. The number of ether oxygens (including phenoxy) is 1. The van der Waals surface area contributed by atoms with Crippen molar-refractivity contribution in [1.29, 1.82) is 0 Å². The Hall–Kier alpha value is -2.63. The van der Waals surface area contributed by atoms with Crippen LogP contribution < -0.4 is 10.6 Å². The fourth-order valence-corrected chi connectivity index (χ4v) is 2.60. The van der Waals surface area contributed by atoms with Crippen LogP contribution in [0.1, 0.15) is 34.6 Å². The zero-order chi connectivity index (χ0) is 19.2. The summed E-state index contributed by atoms with van der Waals surface area (Å²) < 4.78 is 12.2. The van der Waals surface area contributed by atoms with E-state index in [1.54, 1.807) is 13.0 Å². The molecule has 3 rings (SSSR count). The zero-order valence-electron chi connectivity index (χ0n) is 15.9. The summed E-state index contributed by atoms with van der Waals surface area (Å²) in [5.41, 5.74) is 1.20. The number of aryl methyl sites for hydroxylation is 1. The number of aromatic nitrogens is 3. The molecule has 0 fully saturated rings. The normalized spacial score (nSPS) is 11.2. The Kier molecular flexibility index (Phi) is 7.79. The summed E-state index contributed by atoms with van der Waals surface area (Å²) in [7, 11) is 1.34. The molecule has 0 bridgehead atoms. The Morgan fingerprint density at radius 1 is 1.32 bits per heavy atom. The van der Waals surface area contributed by atoms with Gasteiger partial charge >= 0.3 is 5.97 Å². The van der Waals surface area contributed by atoms with Crippen LogP contribution in [0.15, 0.2) is 39.9 Å². The van der Waals surface area contributed by atoms with Gasteiger partial charge in [-0.05, 0) is 32.0 Å². The minimum atomic E-state index is -0.415. The number of fused-ring (bicyclic) bond motifs is 1. The number of furan rings is 1. The standard InChI is InChI=1S/C18H22N6O3.HI/c1-4-19-18(20-10-13-9-14(12(2)27-13)17(25)26-3)21-11-16-23-22-15-7-5-6-8-24(15)16;/h5-9H,4,10-11H2,1-3H3,(H2,19,20,21);1H. The van der Waals surface area contributed by atoms with E-state index >= 15 is 0 Å². The second kappa shape index (κ2) is 10.1. The molecule has 10 heteroatoms. The Labute approximate surface area is 179 Å². The van der Waals surface area contributed by atoms with Crippen molar-refractivity contribution in [3.05, 3.63) is 53.4 Å². The van der Waals surface area contributed by atoms with Crippen LogP contribution in [0.25, 0.3) is 5.65 Å². The average molecular weight is 498 g/mol. The monoisotopic (exact) mass is 498 g/mol. The number of hydrogen-bond acceptors (Lipinski definition) is 6. The average Bonchev–Trinajstić information content (AvgIpc) is 3.26. The van der Waals surface area contributed by atoms with Crippen molar-refractivity contribution in [1.82, 2.24) is 25.2 Å². The van der Waals surface area contributed by atoms with Crippen LogP contribution in [0.3, 0.4) is 0 Å². The lowest BCUT2D eigenvalue weighted by molar-refractivity contribution is 0.0599. The van der Waals surface area contributed by atoms with Crippen molar-refractivity contribution in [2.75, 3.05) is 13.7 Å². The molecular formula is C18H23IN6O3. The van der Waals surface area contributed by atoms with Crippen molar-refractivity contribution < 1.29 is 13.9 Å². The topological polar surface area (TPSA) is 106 Å². The molecule has 9 nitrogen and oxygen atoms in total. The summed E-state index contributed by atoms with van der Waals surface area (Å²) in [5.74, 6) is 2.08. The predicted molar refractivity (Wildman–Crippen MR) is 115 cm³/mol. The molecule has 0 aliphatic heterocycles. The Morgan fingerprint density at radius 2 is 2.14 bits per heavy atom. The van der Waals surface area contributed by atoms with Crippen LogP contribution >= 0.6 is 24.0 Å². The van der Waals surface area contributed by atoms with Gasteiger partial charge in [-0.3, -0.25) is 4.40 Å². The highest BCUT2D eigenvalue weighted by Gasteiger charge is 2.15. The number of esters is 1. The van der Waals surface area contributed by atoms with E-state index in [0.717, 1.165) is 11.5 Å². The zero-order valence-corrected chi connectivity index (χ0v) is 18.3. The van der Waals surface area contributed by atoms with E-state index in [0.29, 0.717) is 42.7 Å². The third-order valence-electron chi connectivity index (χ3n) is 3.91. The summed E-state index contributed by atoms with van der Waals surface area (Å²) in [5, 5.41) is 14.6. The molecule has 3 aromatic rings. The predicted octanol–water partition coefficient (Wildman–Crippen LogP) is 2.29. The highest BCUT2D eigenvalue weighted by Crippen LogP contribution is 2.15. The van der Waals surface area contributed by atoms with E-state index in [9.17, 15) is 4.79 Å². The number of carbonyl (C=O) groups is 1. The highest BCUT2D eigenvalue weighted by molar-refractivity contribution is 14.0. The Balaban J connectivity index is 0.00000280. The van der Waals surface area contributed by atoms with Crippen molar-refractivity contribution in [2.45, 2.75) is 26.9 Å². The van der Waals surface area contributed by atoms with Gasteiger partial charge in [-0.25, -0.2) is 9.79 Å². The molecule has 0 saturated heterocycles. The van der Waals surface area contributed by atoms with E-state index in [1.165, 1.54) is 7.11 Å². The number of nitrogens with zero attached hydrogens (tertiary/aromatic N) is 4. The molecule has 0 aliphatic carbocycles. The van der Waals surface area contributed by atoms with Gasteiger partial charge in [0.2, 0.25) is 0 Å². The van der Waals surface area contributed by atoms with E-state index < -0.39 is 5.97 Å². The van der Waals surface area contributed by atoms with Crippen molar-refractivity contribution in [2.24, 2.45) is 4.99 Å². The molecule has 0 spiro atoms. The highest BCUT2D eigenvalue weighted by atomic mass is 127. The second-order valence-electron chi connectivity index (χ2n) is 5.77. The van der Waals surface area contributed by atoms with Gasteiger partial charge in [-0.1, -0.05) is 6.07 Å². The van der Waals surface area contributed by atoms with Crippen molar-refractivity contribution in [3.8, 4) is 0 Å². The Morgan fingerprint density at radius 3 is 2.89 bits per heavy atom. The molecule has 28 heavy (non-hydrogen) atoms. The molecule has 0 aromatic carbocycles. The molecule has 0 aliphatic rings. The van der Waals surface area contributed by atoms with Gasteiger partial charge < -0.3 is 19.8 Å². The number of nitrogens with one attached hydrogen (secondary N) is 2. The van der Waals surface area contributed by atoms with Gasteiger partial charge in [0, 0.05) is 12.7 Å². The lowest BCUT2D eigenvalue weighted by Crippen LogP contribution is -2.36. The van der Waals surface area contributed by atoms with E-state index in [4.69, 9.17) is 9.15 Å². The number of halogens is 1. The van der Waals surface area contributed by atoms with Gasteiger partial charge in [0.15, 0.2) is 17.4 Å². The molecule has 3 aromatic heterocycles. The summed E-state index contributed by atoms with van der Waals surface area (Å²) in [6, 6.07) is 7.40. The summed E-state index contributed by atoms with van der Waals surface area (Å²) in [6.45, 7) is 5.16. The lowest BCUT2D eigenvalue weighted by atomic mass is 10.2. The fraction of sp³-hybridized carbons (Fsp3) is 0.333. The second-order valence-corrected chi connectivity index (χ2v) is 5.77. The van der Waals surface area contributed by atoms with Gasteiger partial charge in [-0.2, -0.15) is 0 Å². The molecule has 0 radical (unpaired) electrons. The van der Waals surface area contributed by atoms with Gasteiger partial charge in [0.05, 0.1) is 13.7 Å². The quantitative estimate of drug-likeness (QED) is 0.233. The van der Waals surface area contributed by atoms with E-state index in [2.05, 4.69) is 25.8 Å². The maximum Gasteiger partial charge on any atom is 0.341 e. The summed E-state index contributed by atoms with van der Waals surface area (Å²) in [4.78, 5) is 16.2. The van der Waals surface area contributed by atoms with Crippen molar-refractivity contribution >= 4 is 41.6 Å². The number of hydrogen-bond donors (Lipinski definition) is 2. The largest absolute Gasteiger partial charge is 0.465 e. The minimum Gasteiger partial charge on any atom is -0.465 e. The molecule has 0 atom stereocenters. The molecule has 0 unspecified atom stereocenters. The van der Waals surface area contributed by atoms with E-state index in [-0.39, 0.29) is 24.0 Å². The third kappa shape index (κ3) is 5.00. The molecule has 150 valence electrons. The van der Waals surface area contributed by atoms with Gasteiger partial charge in [0.25, 0.3) is 0 Å². The van der Waals surface area contributed by atoms with Crippen LogP contribution in [-0.2, 0) is 17.8 Å². The molecule has 3 heterocycles. The van der Waals surface area contributed by atoms with Crippen LogP contribution in [0.4, 0.5) is 0 Å². The summed E-state index contributed by atoms with van der Waals surface area (Å²) in [6.07, 6.45) is 1.90. The van der Waals surface area contributed by atoms with Crippen molar-refractivity contribution in [3.63, 3.8) is 0 Å². The first-order chi connectivity index (χ1) is 13.1. The molecule has 0 saturated carbocycles. The smallest absolute Gasteiger partial charge is 0.341 e. The van der Waals surface area contributed by atoms with Crippen LogP contribution in [0, 0.1) is 6.92 Å². The number of guanidine groups is 1. The maximum absolute atomic E-state index is 11.7. The number of aliphatic imine (C=N–C) groups is 1. The number of carbonyl (C=O) groups excluding carboxylic acids is 1. The molecule has 2 N–H and O–H groups in total. The van der Waals surface area contributed by atoms with Gasteiger partial charge in [-0.15, -0.1) is 34.2 Å². The number of rotatable bonds is 6.